The average Bonchev–Trinajstić information content (AvgIpc) is 2.80. The first kappa shape index (κ1) is 22.8. The molecule has 4 rings (SSSR count). The molecule has 0 aliphatic heterocycles. The third-order valence-electron chi connectivity index (χ3n) is 4.82. The van der Waals surface area contributed by atoms with Crippen molar-refractivity contribution in [2.24, 2.45) is 0 Å². The van der Waals surface area contributed by atoms with Gasteiger partial charge in [-0.25, -0.2) is 9.37 Å². The van der Waals surface area contributed by atoms with Crippen molar-refractivity contribution >= 4 is 45.9 Å². The fraction of sp³-hybridized carbons (Fsp3) is 0.125. The van der Waals surface area contributed by atoms with Gasteiger partial charge in [-0.15, -0.1) is 0 Å². The SMILES string of the molecule is COc1ccc(NC(=O)CSc2nc3ccccc3c(=O)n2Cc2cccc(Cl)c2)cc1F. The number of para-hydroxylation sites is 1. The number of fused-ring (bicyclic) bond motifs is 1. The molecule has 0 spiro atoms. The summed E-state index contributed by atoms with van der Waals surface area (Å²) in [6.07, 6.45) is 0. The van der Waals surface area contributed by atoms with Gasteiger partial charge in [-0.3, -0.25) is 14.2 Å². The molecule has 0 unspecified atom stereocenters. The van der Waals surface area contributed by atoms with E-state index in [4.69, 9.17) is 16.3 Å². The number of aromatic nitrogens is 2. The second-order valence-electron chi connectivity index (χ2n) is 7.12. The molecule has 9 heteroatoms. The molecular weight excluding hydrogens is 465 g/mol. The van der Waals surface area contributed by atoms with Crippen molar-refractivity contribution in [3.05, 3.63) is 93.5 Å². The summed E-state index contributed by atoms with van der Waals surface area (Å²) >= 11 is 7.23. The van der Waals surface area contributed by atoms with Crippen LogP contribution in [0.3, 0.4) is 0 Å². The van der Waals surface area contributed by atoms with Crippen LogP contribution in [-0.4, -0.2) is 28.3 Å². The Kier molecular flexibility index (Phi) is 6.96. The Morgan fingerprint density at radius 2 is 1.97 bits per heavy atom. The first-order chi connectivity index (χ1) is 15.9. The Morgan fingerprint density at radius 1 is 1.15 bits per heavy atom. The molecule has 0 atom stereocenters. The van der Waals surface area contributed by atoms with Crippen molar-refractivity contribution < 1.29 is 13.9 Å². The lowest BCUT2D eigenvalue weighted by Crippen LogP contribution is -2.25. The lowest BCUT2D eigenvalue weighted by atomic mass is 10.2. The number of rotatable bonds is 7. The number of benzene rings is 3. The second kappa shape index (κ2) is 10.1. The molecule has 0 radical (unpaired) electrons. The zero-order valence-corrected chi connectivity index (χ0v) is 19.1. The van der Waals surface area contributed by atoms with Gasteiger partial charge in [0.2, 0.25) is 5.91 Å². The normalized spacial score (nSPS) is 10.9. The zero-order valence-electron chi connectivity index (χ0n) is 17.5. The molecule has 1 aromatic heterocycles. The Hall–Kier alpha value is -3.36. The van der Waals surface area contributed by atoms with Crippen LogP contribution in [0, 0.1) is 5.82 Å². The van der Waals surface area contributed by atoms with Crippen molar-refractivity contribution in [2.75, 3.05) is 18.2 Å². The van der Waals surface area contributed by atoms with E-state index < -0.39 is 5.82 Å². The molecule has 4 aromatic rings. The van der Waals surface area contributed by atoms with Crippen LogP contribution in [0.5, 0.6) is 5.75 Å². The van der Waals surface area contributed by atoms with Crippen molar-refractivity contribution in [3.63, 3.8) is 0 Å². The molecule has 1 amide bonds. The number of methoxy groups -OCH3 is 1. The van der Waals surface area contributed by atoms with Crippen LogP contribution in [0.2, 0.25) is 5.02 Å². The summed E-state index contributed by atoms with van der Waals surface area (Å²) in [5, 5.41) is 4.10. The fourth-order valence-electron chi connectivity index (χ4n) is 3.29. The Bertz CT molecular complexity index is 1390. The number of carbonyl (C=O) groups is 1. The maximum absolute atomic E-state index is 13.9. The average molecular weight is 484 g/mol. The van der Waals surface area contributed by atoms with Crippen LogP contribution in [-0.2, 0) is 11.3 Å². The fourth-order valence-corrected chi connectivity index (χ4v) is 4.30. The highest BCUT2D eigenvalue weighted by Gasteiger charge is 2.14. The molecule has 168 valence electrons. The van der Waals surface area contributed by atoms with E-state index in [9.17, 15) is 14.0 Å². The van der Waals surface area contributed by atoms with Crippen molar-refractivity contribution in [1.29, 1.82) is 0 Å². The monoisotopic (exact) mass is 483 g/mol. The van der Waals surface area contributed by atoms with Gasteiger partial charge in [-0.2, -0.15) is 0 Å². The van der Waals surface area contributed by atoms with E-state index in [0.717, 1.165) is 17.3 Å². The van der Waals surface area contributed by atoms with Gasteiger partial charge in [0.25, 0.3) is 5.56 Å². The number of nitrogens with zero attached hydrogens (tertiary/aromatic N) is 2. The Labute approximate surface area is 198 Å². The quantitative estimate of drug-likeness (QED) is 0.296. The van der Waals surface area contributed by atoms with Crippen molar-refractivity contribution in [3.8, 4) is 5.75 Å². The largest absolute Gasteiger partial charge is 0.494 e. The number of thioether (sulfide) groups is 1. The molecule has 33 heavy (non-hydrogen) atoms. The van der Waals surface area contributed by atoms with Crippen LogP contribution >= 0.6 is 23.4 Å². The van der Waals surface area contributed by atoms with Crippen molar-refractivity contribution in [1.82, 2.24) is 9.55 Å². The maximum Gasteiger partial charge on any atom is 0.262 e. The van der Waals surface area contributed by atoms with E-state index in [1.54, 1.807) is 42.5 Å². The molecule has 0 saturated carbocycles. The van der Waals surface area contributed by atoms with Gasteiger partial charge in [0.1, 0.15) is 0 Å². The van der Waals surface area contributed by atoms with E-state index in [2.05, 4.69) is 10.3 Å². The maximum atomic E-state index is 13.9. The summed E-state index contributed by atoms with van der Waals surface area (Å²) in [4.78, 5) is 30.3. The van der Waals surface area contributed by atoms with Gasteiger partial charge < -0.3 is 10.1 Å². The summed E-state index contributed by atoms with van der Waals surface area (Å²) in [6, 6.07) is 18.4. The van der Waals surface area contributed by atoms with Crippen LogP contribution in [0.25, 0.3) is 10.9 Å². The number of anilines is 1. The van der Waals surface area contributed by atoms with E-state index in [0.29, 0.717) is 26.8 Å². The number of hydrogen-bond donors (Lipinski definition) is 1. The van der Waals surface area contributed by atoms with Gasteiger partial charge >= 0.3 is 0 Å². The third-order valence-corrected chi connectivity index (χ3v) is 6.04. The summed E-state index contributed by atoms with van der Waals surface area (Å²) in [6.45, 7) is 0.255. The summed E-state index contributed by atoms with van der Waals surface area (Å²) < 4.78 is 20.3. The summed E-state index contributed by atoms with van der Waals surface area (Å²) in [7, 11) is 1.37. The number of amides is 1. The number of carbonyl (C=O) groups excluding carboxylic acids is 1. The smallest absolute Gasteiger partial charge is 0.262 e. The zero-order chi connectivity index (χ0) is 23.4. The van der Waals surface area contributed by atoms with Gasteiger partial charge in [-0.1, -0.05) is 47.6 Å². The summed E-state index contributed by atoms with van der Waals surface area (Å²) in [5.74, 6) is -0.864. The Morgan fingerprint density at radius 3 is 2.73 bits per heavy atom. The molecule has 0 aliphatic carbocycles. The molecule has 0 saturated heterocycles. The minimum absolute atomic E-state index is 0.0199. The van der Waals surface area contributed by atoms with Gasteiger partial charge in [-0.05, 0) is 42.0 Å². The first-order valence-corrected chi connectivity index (χ1v) is 11.3. The Balaban J connectivity index is 1.59. The van der Waals surface area contributed by atoms with Crippen LogP contribution < -0.4 is 15.6 Å². The molecule has 3 aromatic carbocycles. The third kappa shape index (κ3) is 5.35. The molecule has 1 heterocycles. The topological polar surface area (TPSA) is 73.2 Å². The lowest BCUT2D eigenvalue weighted by Gasteiger charge is -2.13. The molecule has 6 nitrogen and oxygen atoms in total. The van der Waals surface area contributed by atoms with Crippen LogP contribution in [0.4, 0.5) is 10.1 Å². The lowest BCUT2D eigenvalue weighted by molar-refractivity contribution is -0.113. The molecule has 0 bridgehead atoms. The van der Waals surface area contributed by atoms with Gasteiger partial charge in [0.05, 0.1) is 30.3 Å². The number of hydrogen-bond acceptors (Lipinski definition) is 5. The van der Waals surface area contributed by atoms with E-state index in [1.807, 2.05) is 12.1 Å². The standard InChI is InChI=1S/C24H19ClFN3O3S/c1-32-21-10-9-17(12-19(21)26)27-22(30)14-33-24-28-20-8-3-2-7-18(20)23(31)29(24)13-15-5-4-6-16(25)11-15/h2-12H,13-14H2,1H3,(H,27,30). The molecule has 0 aliphatic rings. The van der Waals surface area contributed by atoms with E-state index in [1.165, 1.54) is 23.8 Å². The predicted molar refractivity (Wildman–Crippen MR) is 129 cm³/mol. The van der Waals surface area contributed by atoms with Crippen LogP contribution in [0.15, 0.2) is 76.7 Å². The molecule has 1 N–H and O–H groups in total. The summed E-state index contributed by atoms with van der Waals surface area (Å²) in [5.41, 5.74) is 1.48. The van der Waals surface area contributed by atoms with E-state index >= 15 is 0 Å². The minimum atomic E-state index is -0.575. The van der Waals surface area contributed by atoms with Crippen LogP contribution in [0.1, 0.15) is 5.56 Å². The van der Waals surface area contributed by atoms with E-state index in [-0.39, 0.29) is 29.5 Å². The van der Waals surface area contributed by atoms with Crippen molar-refractivity contribution in [2.45, 2.75) is 11.7 Å². The van der Waals surface area contributed by atoms with Gasteiger partial charge in [0, 0.05) is 16.8 Å². The molecule has 0 fully saturated rings. The first-order valence-electron chi connectivity index (χ1n) is 9.95. The second-order valence-corrected chi connectivity index (χ2v) is 8.50. The highest BCUT2D eigenvalue weighted by Crippen LogP contribution is 2.23. The molecular formula is C24H19ClFN3O3S. The minimum Gasteiger partial charge on any atom is -0.494 e. The number of ether oxygens (including phenoxy) is 1. The number of nitrogens with one attached hydrogen (secondary N) is 1. The van der Waals surface area contributed by atoms with Gasteiger partial charge in [0.15, 0.2) is 16.7 Å². The predicted octanol–water partition coefficient (Wildman–Crippen LogP) is 4.98. The highest BCUT2D eigenvalue weighted by molar-refractivity contribution is 7.99. The number of halogens is 2. The highest BCUT2D eigenvalue weighted by atomic mass is 35.5.